The molecule has 9 heteroatoms. The smallest absolute Gasteiger partial charge is 0.420 e. The summed E-state index contributed by atoms with van der Waals surface area (Å²) in [5, 5.41) is 8.72. The first-order chi connectivity index (χ1) is 10.0. The fourth-order valence-corrected chi connectivity index (χ4v) is 1.49. The molecule has 0 bridgehead atoms. The normalized spacial score (nSPS) is 12.0. The van der Waals surface area contributed by atoms with E-state index >= 15 is 0 Å². The van der Waals surface area contributed by atoms with E-state index in [4.69, 9.17) is 9.84 Å². The van der Waals surface area contributed by atoms with Gasteiger partial charge in [-0.1, -0.05) is 0 Å². The summed E-state index contributed by atoms with van der Waals surface area (Å²) in [6, 6.07) is -1.46. The van der Waals surface area contributed by atoms with Gasteiger partial charge >= 0.3 is 24.1 Å². The lowest BCUT2D eigenvalue weighted by molar-refractivity contribution is -0.147. The lowest BCUT2D eigenvalue weighted by atomic mass is 10.1. The van der Waals surface area contributed by atoms with E-state index in [1.54, 1.807) is 20.8 Å². The number of carbonyl (C=O) groups excluding carboxylic acids is 3. The predicted molar refractivity (Wildman–Crippen MR) is 73.2 cm³/mol. The van der Waals surface area contributed by atoms with Crippen molar-refractivity contribution in [1.29, 1.82) is 0 Å². The molecule has 0 aliphatic rings. The molecule has 0 spiro atoms. The fraction of sp³-hybridized carbons (Fsp3) is 0.692. The van der Waals surface area contributed by atoms with Gasteiger partial charge in [-0.25, -0.2) is 14.4 Å². The molecule has 9 nitrogen and oxygen atoms in total. The van der Waals surface area contributed by atoms with E-state index in [-0.39, 0.29) is 6.42 Å². The largest absolute Gasteiger partial charge is 0.481 e. The van der Waals surface area contributed by atoms with Gasteiger partial charge in [0.25, 0.3) is 0 Å². The zero-order valence-corrected chi connectivity index (χ0v) is 13.2. The van der Waals surface area contributed by atoms with E-state index in [9.17, 15) is 19.2 Å². The number of carboxylic acids is 1. The highest BCUT2D eigenvalue weighted by atomic mass is 16.6. The van der Waals surface area contributed by atoms with Crippen molar-refractivity contribution in [2.24, 2.45) is 0 Å². The predicted octanol–water partition coefficient (Wildman–Crippen LogP) is 1.40. The van der Waals surface area contributed by atoms with Crippen LogP contribution in [0, 0.1) is 0 Å². The molecule has 0 aromatic heterocycles. The first-order valence-corrected chi connectivity index (χ1v) is 6.43. The van der Waals surface area contributed by atoms with Gasteiger partial charge in [-0.05, 0) is 27.2 Å². The third-order valence-corrected chi connectivity index (χ3v) is 2.38. The molecule has 0 unspecified atom stereocenters. The summed E-state index contributed by atoms with van der Waals surface area (Å²) < 4.78 is 14.0. The van der Waals surface area contributed by atoms with Crippen molar-refractivity contribution in [2.75, 3.05) is 14.2 Å². The molecule has 0 aromatic rings. The minimum absolute atomic E-state index is 0.323. The standard InChI is InChI=1S/C13H21NO8/c1-13(2,3)22-12(19)14(11(18)21-5)8(10(17)20-4)6-7-9(15)16/h8H,6-7H2,1-5H3,(H,15,16)/t8-/m0/s1. The quantitative estimate of drug-likeness (QED) is 0.596. The SMILES string of the molecule is COC(=O)[C@H](CCC(=O)O)N(C(=O)OC)C(=O)OC(C)(C)C. The first kappa shape index (κ1) is 19.7. The summed E-state index contributed by atoms with van der Waals surface area (Å²) in [7, 11) is 2.08. The van der Waals surface area contributed by atoms with E-state index in [0.29, 0.717) is 4.90 Å². The van der Waals surface area contributed by atoms with Crippen LogP contribution in [-0.4, -0.2) is 60.0 Å². The Bertz CT molecular complexity index is 440. The molecule has 1 N–H and O–H groups in total. The minimum Gasteiger partial charge on any atom is -0.481 e. The molecule has 2 amide bonds. The number of aliphatic carboxylic acids is 1. The number of carboxylic acid groups (broad SMARTS) is 1. The van der Waals surface area contributed by atoms with Gasteiger partial charge < -0.3 is 19.3 Å². The summed E-state index contributed by atoms with van der Waals surface area (Å²) in [6.45, 7) is 4.72. The van der Waals surface area contributed by atoms with Crippen LogP contribution in [0.25, 0.3) is 0 Å². The Labute approximate surface area is 128 Å². The van der Waals surface area contributed by atoms with Crippen LogP contribution in [0.3, 0.4) is 0 Å². The molecule has 0 heterocycles. The molecule has 0 saturated carbocycles. The van der Waals surface area contributed by atoms with Gasteiger partial charge in [-0.3, -0.25) is 4.79 Å². The van der Waals surface area contributed by atoms with Gasteiger partial charge in [-0.2, -0.15) is 4.90 Å². The van der Waals surface area contributed by atoms with Crippen LogP contribution in [0.15, 0.2) is 0 Å². The van der Waals surface area contributed by atoms with Crippen molar-refractivity contribution in [3.8, 4) is 0 Å². The van der Waals surface area contributed by atoms with E-state index in [1.807, 2.05) is 0 Å². The zero-order chi connectivity index (χ0) is 17.5. The van der Waals surface area contributed by atoms with Crippen LogP contribution >= 0.6 is 0 Å². The Morgan fingerprint density at radius 1 is 1.05 bits per heavy atom. The number of carbonyl (C=O) groups is 4. The van der Waals surface area contributed by atoms with E-state index in [0.717, 1.165) is 14.2 Å². The fourth-order valence-electron chi connectivity index (χ4n) is 1.49. The molecule has 22 heavy (non-hydrogen) atoms. The molecule has 1 atom stereocenters. The van der Waals surface area contributed by atoms with Crippen molar-refractivity contribution in [1.82, 2.24) is 4.90 Å². The summed E-state index contributed by atoms with van der Waals surface area (Å²) in [5.41, 5.74) is -0.920. The maximum absolute atomic E-state index is 12.1. The van der Waals surface area contributed by atoms with Gasteiger partial charge in [0.15, 0.2) is 0 Å². The molecule has 0 rings (SSSR count). The number of hydrogen-bond acceptors (Lipinski definition) is 7. The molecular weight excluding hydrogens is 298 g/mol. The summed E-state index contributed by atoms with van der Waals surface area (Å²) in [5.74, 6) is -2.14. The Morgan fingerprint density at radius 2 is 1.59 bits per heavy atom. The average molecular weight is 319 g/mol. The Balaban J connectivity index is 5.46. The monoisotopic (exact) mass is 319 g/mol. The van der Waals surface area contributed by atoms with E-state index in [1.165, 1.54) is 0 Å². The van der Waals surface area contributed by atoms with Crippen molar-refractivity contribution in [3.63, 3.8) is 0 Å². The van der Waals surface area contributed by atoms with Gasteiger partial charge in [0, 0.05) is 6.42 Å². The third kappa shape index (κ3) is 6.42. The van der Waals surface area contributed by atoms with Crippen molar-refractivity contribution < 1.29 is 38.5 Å². The van der Waals surface area contributed by atoms with Crippen molar-refractivity contribution in [2.45, 2.75) is 45.3 Å². The Kier molecular flexibility index (Phi) is 7.34. The van der Waals surface area contributed by atoms with Crippen LogP contribution in [0.5, 0.6) is 0 Å². The zero-order valence-electron chi connectivity index (χ0n) is 13.2. The summed E-state index contributed by atoms with van der Waals surface area (Å²) in [6.07, 6.45) is -3.04. The molecule has 0 fully saturated rings. The molecule has 0 aliphatic carbocycles. The molecule has 0 saturated heterocycles. The topological polar surface area (TPSA) is 119 Å². The van der Waals surface area contributed by atoms with Crippen LogP contribution < -0.4 is 0 Å². The van der Waals surface area contributed by atoms with Crippen LogP contribution in [-0.2, 0) is 23.8 Å². The number of esters is 1. The second-order valence-electron chi connectivity index (χ2n) is 5.29. The van der Waals surface area contributed by atoms with Crippen LogP contribution in [0.4, 0.5) is 9.59 Å². The highest BCUT2D eigenvalue weighted by Crippen LogP contribution is 2.17. The van der Waals surface area contributed by atoms with E-state index in [2.05, 4.69) is 9.47 Å². The number of hydrogen-bond donors (Lipinski definition) is 1. The maximum atomic E-state index is 12.1. The van der Waals surface area contributed by atoms with Gasteiger partial charge in [0.2, 0.25) is 0 Å². The first-order valence-electron chi connectivity index (χ1n) is 6.43. The Morgan fingerprint density at radius 3 is 1.95 bits per heavy atom. The molecule has 0 aromatic carbocycles. The summed E-state index contributed by atoms with van der Waals surface area (Å²) in [4.78, 5) is 46.8. The average Bonchev–Trinajstić information content (AvgIpc) is 2.39. The van der Waals surface area contributed by atoms with Gasteiger partial charge in [0.05, 0.1) is 14.2 Å². The maximum Gasteiger partial charge on any atom is 0.420 e. The number of ether oxygens (including phenoxy) is 3. The number of rotatable bonds is 5. The highest BCUT2D eigenvalue weighted by molar-refractivity contribution is 5.94. The van der Waals surface area contributed by atoms with Gasteiger partial charge in [-0.15, -0.1) is 0 Å². The molecule has 0 aliphatic heterocycles. The van der Waals surface area contributed by atoms with Crippen LogP contribution in [0.2, 0.25) is 0 Å². The highest BCUT2D eigenvalue weighted by Gasteiger charge is 2.39. The number of imide groups is 1. The second-order valence-corrected chi connectivity index (χ2v) is 5.29. The van der Waals surface area contributed by atoms with E-state index < -0.39 is 42.2 Å². The number of nitrogens with zero attached hydrogens (tertiary/aromatic N) is 1. The minimum atomic E-state index is -1.46. The van der Waals surface area contributed by atoms with Crippen molar-refractivity contribution >= 4 is 24.1 Å². The number of methoxy groups -OCH3 is 2. The summed E-state index contributed by atoms with van der Waals surface area (Å²) >= 11 is 0. The molecular formula is C13H21NO8. The third-order valence-electron chi connectivity index (χ3n) is 2.38. The second kappa shape index (κ2) is 8.20. The molecule has 0 radical (unpaired) electrons. The molecule has 126 valence electrons. The van der Waals surface area contributed by atoms with Gasteiger partial charge in [0.1, 0.15) is 11.6 Å². The van der Waals surface area contributed by atoms with Crippen LogP contribution in [0.1, 0.15) is 33.6 Å². The lowest BCUT2D eigenvalue weighted by Gasteiger charge is -2.29. The number of amides is 2. The van der Waals surface area contributed by atoms with Crippen molar-refractivity contribution in [3.05, 3.63) is 0 Å². The Hall–Kier alpha value is -2.32. The lowest BCUT2D eigenvalue weighted by Crippen LogP contribution is -2.51.